The summed E-state index contributed by atoms with van der Waals surface area (Å²) in [5, 5.41) is 2.01. The Hall–Kier alpha value is 0.576. The normalized spacial score (nSPS) is 21.0. The van der Waals surface area contributed by atoms with Crippen molar-refractivity contribution >= 4 is 12.0 Å². The number of hydrogen-bond acceptors (Lipinski definition) is 3. The van der Waals surface area contributed by atoms with E-state index in [0.29, 0.717) is 0 Å². The van der Waals surface area contributed by atoms with Crippen LogP contribution >= 0.6 is 0 Å². The SMILES string of the molecule is CC1(C)OC(=O)NC1=O.[H-].[K+]. The third-order valence-corrected chi connectivity index (χ3v) is 1.11. The van der Waals surface area contributed by atoms with Gasteiger partial charge in [0.1, 0.15) is 0 Å². The Balaban J connectivity index is 0. The Morgan fingerprint density at radius 3 is 2.10 bits per heavy atom. The summed E-state index contributed by atoms with van der Waals surface area (Å²) < 4.78 is 4.56. The van der Waals surface area contributed by atoms with Crippen molar-refractivity contribution in [2.24, 2.45) is 0 Å². The first kappa shape index (κ1) is 10.6. The largest absolute Gasteiger partial charge is 1.00 e. The van der Waals surface area contributed by atoms with Gasteiger partial charge in [-0.1, -0.05) is 0 Å². The van der Waals surface area contributed by atoms with Gasteiger partial charge in [0.15, 0.2) is 5.60 Å². The molecule has 0 saturated carbocycles. The number of nitrogens with one attached hydrogen (secondary N) is 1. The summed E-state index contributed by atoms with van der Waals surface area (Å²) in [6.45, 7) is 3.07. The third kappa shape index (κ3) is 2.03. The summed E-state index contributed by atoms with van der Waals surface area (Å²) in [6.07, 6.45) is -0.662. The molecule has 1 saturated heterocycles. The summed E-state index contributed by atoms with van der Waals surface area (Å²) in [7, 11) is 0. The molecule has 52 valence electrons. The minimum absolute atomic E-state index is 0. The molecule has 0 aromatic heterocycles. The van der Waals surface area contributed by atoms with Gasteiger partial charge in [-0.15, -0.1) is 0 Å². The quantitative estimate of drug-likeness (QED) is 0.397. The van der Waals surface area contributed by atoms with Crippen molar-refractivity contribution in [1.82, 2.24) is 5.32 Å². The number of hydrogen-bond donors (Lipinski definition) is 1. The summed E-state index contributed by atoms with van der Waals surface area (Å²) in [4.78, 5) is 21.0. The molecule has 0 aromatic rings. The van der Waals surface area contributed by atoms with Crippen molar-refractivity contribution in [3.63, 3.8) is 0 Å². The van der Waals surface area contributed by atoms with Crippen molar-refractivity contribution in [2.45, 2.75) is 19.4 Å². The van der Waals surface area contributed by atoms with Gasteiger partial charge in [-0.3, -0.25) is 10.1 Å². The van der Waals surface area contributed by atoms with Gasteiger partial charge < -0.3 is 6.16 Å². The average Bonchev–Trinajstić information content (AvgIpc) is 1.79. The van der Waals surface area contributed by atoms with Gasteiger partial charge in [-0.2, -0.15) is 0 Å². The first-order valence-corrected chi connectivity index (χ1v) is 2.57. The zero-order valence-corrected chi connectivity index (χ0v) is 9.35. The van der Waals surface area contributed by atoms with Crippen molar-refractivity contribution in [3.8, 4) is 0 Å². The minimum atomic E-state index is -0.975. The van der Waals surface area contributed by atoms with Crippen molar-refractivity contribution < 1.29 is 67.1 Å². The smallest absolute Gasteiger partial charge is 1.00 e. The molecule has 5 heteroatoms. The summed E-state index contributed by atoms with van der Waals surface area (Å²) in [5.74, 6) is -0.382. The van der Waals surface area contributed by atoms with E-state index in [4.69, 9.17) is 0 Å². The van der Waals surface area contributed by atoms with E-state index in [1.54, 1.807) is 0 Å². The third-order valence-electron chi connectivity index (χ3n) is 1.11. The Morgan fingerprint density at radius 1 is 1.50 bits per heavy atom. The van der Waals surface area contributed by atoms with Crippen LogP contribution in [0.2, 0.25) is 0 Å². The summed E-state index contributed by atoms with van der Waals surface area (Å²) in [5.41, 5.74) is -0.975. The van der Waals surface area contributed by atoms with E-state index in [1.165, 1.54) is 13.8 Å². The van der Waals surface area contributed by atoms with E-state index in [0.717, 1.165) is 0 Å². The standard InChI is InChI=1S/C5H7NO3.K.H/c1-5(2)3(7)6-4(8)9-5;;/h1-2H3,(H,6,7,8);;/q;+1;-1. The molecule has 0 aliphatic carbocycles. The molecular weight excluding hydrogens is 161 g/mol. The number of rotatable bonds is 0. The van der Waals surface area contributed by atoms with Crippen LogP contribution in [0.3, 0.4) is 0 Å². The molecule has 0 atom stereocenters. The molecular formula is C5H8KNO3. The van der Waals surface area contributed by atoms with Crippen LogP contribution in [-0.2, 0) is 9.53 Å². The number of amides is 2. The van der Waals surface area contributed by atoms with Crippen molar-refractivity contribution in [1.29, 1.82) is 0 Å². The molecule has 0 radical (unpaired) electrons. The molecule has 2 amide bonds. The molecule has 0 unspecified atom stereocenters. The number of carbonyl (C=O) groups excluding carboxylic acids is 2. The van der Waals surface area contributed by atoms with Crippen LogP contribution in [0.5, 0.6) is 0 Å². The van der Waals surface area contributed by atoms with E-state index < -0.39 is 11.7 Å². The molecule has 0 spiro atoms. The molecule has 1 aliphatic rings. The Labute approximate surface area is 103 Å². The monoisotopic (exact) mass is 169 g/mol. The van der Waals surface area contributed by atoms with Gasteiger partial charge in [-0.25, -0.2) is 4.79 Å². The molecule has 1 N–H and O–H groups in total. The molecule has 0 aromatic carbocycles. The Bertz CT molecular complexity index is 183. The maximum absolute atomic E-state index is 10.6. The number of cyclic esters (lactones) is 1. The number of ether oxygens (including phenoxy) is 1. The zero-order valence-electron chi connectivity index (χ0n) is 7.22. The first-order chi connectivity index (χ1) is 4.02. The number of alkyl carbamates (subject to hydrolysis) is 1. The average molecular weight is 169 g/mol. The maximum atomic E-state index is 10.6. The van der Waals surface area contributed by atoms with Gasteiger partial charge in [0, 0.05) is 0 Å². The van der Waals surface area contributed by atoms with Gasteiger partial charge in [0.05, 0.1) is 0 Å². The molecule has 1 fully saturated rings. The van der Waals surface area contributed by atoms with E-state index in [-0.39, 0.29) is 58.7 Å². The van der Waals surface area contributed by atoms with Crippen LogP contribution in [0.25, 0.3) is 0 Å². The van der Waals surface area contributed by atoms with Crippen LogP contribution in [-0.4, -0.2) is 17.6 Å². The van der Waals surface area contributed by atoms with Gasteiger partial charge >= 0.3 is 57.5 Å². The van der Waals surface area contributed by atoms with Gasteiger partial charge in [0.2, 0.25) is 0 Å². The molecule has 0 bridgehead atoms. The van der Waals surface area contributed by atoms with Gasteiger partial charge in [0.25, 0.3) is 5.91 Å². The Morgan fingerprint density at radius 2 is 2.00 bits per heavy atom. The molecule has 4 nitrogen and oxygen atoms in total. The predicted octanol–water partition coefficient (Wildman–Crippen LogP) is -2.85. The van der Waals surface area contributed by atoms with Gasteiger partial charge in [-0.05, 0) is 13.8 Å². The zero-order chi connectivity index (χ0) is 7.07. The second-order valence-corrected chi connectivity index (χ2v) is 2.35. The van der Waals surface area contributed by atoms with E-state index in [1.807, 2.05) is 5.32 Å². The number of imide groups is 1. The Kier molecular flexibility index (Phi) is 3.51. The van der Waals surface area contributed by atoms with Crippen LogP contribution in [0.15, 0.2) is 0 Å². The van der Waals surface area contributed by atoms with E-state index >= 15 is 0 Å². The fourth-order valence-electron chi connectivity index (χ4n) is 0.547. The van der Waals surface area contributed by atoms with Crippen LogP contribution in [0, 0.1) is 0 Å². The van der Waals surface area contributed by atoms with Crippen LogP contribution in [0.4, 0.5) is 4.79 Å². The fraction of sp³-hybridized carbons (Fsp3) is 0.600. The number of carbonyl (C=O) groups is 2. The predicted molar refractivity (Wildman–Crippen MR) is 29.8 cm³/mol. The van der Waals surface area contributed by atoms with Crippen molar-refractivity contribution in [2.75, 3.05) is 0 Å². The van der Waals surface area contributed by atoms with E-state index in [2.05, 4.69) is 4.74 Å². The second-order valence-electron chi connectivity index (χ2n) is 2.35. The summed E-state index contributed by atoms with van der Waals surface area (Å²) >= 11 is 0. The topological polar surface area (TPSA) is 55.4 Å². The van der Waals surface area contributed by atoms with E-state index in [9.17, 15) is 9.59 Å². The molecule has 1 heterocycles. The molecule has 1 rings (SSSR count). The molecule has 1 aliphatic heterocycles. The molecule has 10 heavy (non-hydrogen) atoms. The minimum Gasteiger partial charge on any atom is -1.00 e. The van der Waals surface area contributed by atoms with Crippen molar-refractivity contribution in [3.05, 3.63) is 0 Å². The first-order valence-electron chi connectivity index (χ1n) is 2.57. The van der Waals surface area contributed by atoms with Crippen LogP contribution < -0.4 is 56.7 Å². The van der Waals surface area contributed by atoms with Crippen LogP contribution in [0.1, 0.15) is 15.3 Å². The maximum Gasteiger partial charge on any atom is 1.00 e. The second kappa shape index (κ2) is 3.32. The fourth-order valence-corrected chi connectivity index (χ4v) is 0.547. The summed E-state index contributed by atoms with van der Waals surface area (Å²) in [6, 6.07) is 0.